The van der Waals surface area contributed by atoms with Gasteiger partial charge in [0.2, 0.25) is 9.84 Å². The Morgan fingerprint density at radius 3 is 2.52 bits per heavy atom. The Kier molecular flexibility index (Phi) is 5.90. The van der Waals surface area contributed by atoms with Crippen molar-refractivity contribution in [3.63, 3.8) is 0 Å². The number of likely N-dealkylation sites (tertiary alicyclic amines) is 1. The Bertz CT molecular complexity index is 1000. The van der Waals surface area contributed by atoms with Gasteiger partial charge in [-0.25, -0.2) is 13.2 Å². The lowest BCUT2D eigenvalue weighted by Crippen LogP contribution is -2.47. The Hall–Kier alpha value is -2.53. The van der Waals surface area contributed by atoms with Crippen molar-refractivity contribution in [1.29, 1.82) is 0 Å². The smallest absolute Gasteiger partial charge is 0.352 e. The van der Waals surface area contributed by atoms with E-state index in [4.69, 9.17) is 11.6 Å². The van der Waals surface area contributed by atoms with E-state index in [0.717, 1.165) is 18.2 Å². The summed E-state index contributed by atoms with van der Waals surface area (Å²) in [6.45, 7) is -0.0765. The number of aromatic hydroxyl groups is 1. The van der Waals surface area contributed by atoms with Crippen molar-refractivity contribution < 1.29 is 27.1 Å². The van der Waals surface area contributed by atoms with E-state index in [9.17, 15) is 27.1 Å². The number of hydrogen-bond donors (Lipinski definition) is 2. The summed E-state index contributed by atoms with van der Waals surface area (Å²) in [6.07, 6.45) is 2.32. The Morgan fingerprint density at radius 2 is 1.93 bits per heavy atom. The molecular weight excluding hydrogens is 430 g/mol. The third-order valence-corrected chi connectivity index (χ3v) is 7.07. The first kappa shape index (κ1) is 21.2. The fourth-order valence-electron chi connectivity index (χ4n) is 3.06. The van der Waals surface area contributed by atoms with Gasteiger partial charge in [-0.05, 0) is 37.1 Å². The standard InChI is InChI=1S/C17H17ClF2N4O4S/c18-14-9-13(25)1-2-15(14)29(27,28)17(19,20)11-4-7-24(8-5-11)16(26)23-12-3-6-21-22-10-12/h1-3,6,9-11,25H,4-5,7-8H2,(H,21,23,26). The second-order valence-electron chi connectivity index (χ2n) is 6.50. The van der Waals surface area contributed by atoms with Crippen LogP contribution in [0.2, 0.25) is 5.02 Å². The minimum absolute atomic E-state index is 0.0383. The number of hydrogen-bond acceptors (Lipinski definition) is 6. The van der Waals surface area contributed by atoms with E-state index < -0.39 is 37.0 Å². The molecule has 0 aliphatic carbocycles. The number of carbonyl (C=O) groups excluding carboxylic acids is 1. The average Bonchev–Trinajstić information content (AvgIpc) is 2.68. The Labute approximate surface area is 170 Å². The first-order chi connectivity index (χ1) is 13.6. The van der Waals surface area contributed by atoms with Crippen LogP contribution in [-0.2, 0) is 9.84 Å². The SMILES string of the molecule is O=C(Nc1ccnnc1)N1CCC(C(F)(F)S(=O)(=O)c2ccc(O)cc2Cl)CC1. The zero-order chi connectivity index (χ0) is 21.2. The summed E-state index contributed by atoms with van der Waals surface area (Å²) >= 11 is 5.76. The fraction of sp³-hybridized carbons (Fsp3) is 0.353. The molecule has 2 aromatic rings. The first-order valence-electron chi connectivity index (χ1n) is 8.56. The highest BCUT2D eigenvalue weighted by Gasteiger charge is 2.54. The molecule has 0 atom stereocenters. The summed E-state index contributed by atoms with van der Waals surface area (Å²) in [6, 6.07) is 3.76. The number of aromatic nitrogens is 2. The monoisotopic (exact) mass is 446 g/mol. The van der Waals surface area contributed by atoms with Crippen molar-refractivity contribution in [2.75, 3.05) is 18.4 Å². The number of nitrogens with zero attached hydrogens (tertiary/aromatic N) is 3. The van der Waals surface area contributed by atoms with Crippen molar-refractivity contribution >= 4 is 33.2 Å². The molecule has 1 fully saturated rings. The van der Waals surface area contributed by atoms with Crippen LogP contribution >= 0.6 is 11.6 Å². The van der Waals surface area contributed by atoms with Crippen LogP contribution in [-0.4, -0.2) is 53.0 Å². The van der Waals surface area contributed by atoms with Crippen LogP contribution in [0.5, 0.6) is 5.75 Å². The van der Waals surface area contributed by atoms with Crippen LogP contribution in [0.3, 0.4) is 0 Å². The number of alkyl halides is 2. The number of piperidine rings is 1. The molecule has 0 bridgehead atoms. The summed E-state index contributed by atoms with van der Waals surface area (Å²) in [7, 11) is -5.08. The van der Waals surface area contributed by atoms with Gasteiger partial charge in [-0.3, -0.25) is 0 Å². The number of halogens is 3. The first-order valence-corrected chi connectivity index (χ1v) is 10.4. The van der Waals surface area contributed by atoms with E-state index in [-0.39, 0.29) is 31.7 Å². The lowest BCUT2D eigenvalue weighted by atomic mass is 9.97. The van der Waals surface area contributed by atoms with Crippen LogP contribution in [0.1, 0.15) is 12.8 Å². The zero-order valence-corrected chi connectivity index (χ0v) is 16.5. The van der Waals surface area contributed by atoms with Crippen molar-refractivity contribution in [3.8, 4) is 5.75 Å². The summed E-state index contributed by atoms with van der Waals surface area (Å²) in [5.41, 5.74) is 0.405. The summed E-state index contributed by atoms with van der Waals surface area (Å²) < 4.78 is 54.8. The van der Waals surface area contributed by atoms with Gasteiger partial charge in [0.15, 0.2) is 0 Å². The van der Waals surface area contributed by atoms with Gasteiger partial charge < -0.3 is 15.3 Å². The van der Waals surface area contributed by atoms with Gasteiger partial charge in [0, 0.05) is 19.0 Å². The molecule has 156 valence electrons. The van der Waals surface area contributed by atoms with E-state index in [1.54, 1.807) is 0 Å². The van der Waals surface area contributed by atoms with Crippen molar-refractivity contribution in [2.24, 2.45) is 5.92 Å². The predicted octanol–water partition coefficient (Wildman–Crippen LogP) is 3.15. The topological polar surface area (TPSA) is 112 Å². The maximum Gasteiger partial charge on any atom is 0.352 e. The molecule has 2 heterocycles. The maximum atomic E-state index is 14.9. The average molecular weight is 447 g/mol. The molecule has 8 nitrogen and oxygen atoms in total. The lowest BCUT2D eigenvalue weighted by Gasteiger charge is -2.35. The number of amides is 2. The Morgan fingerprint density at radius 1 is 1.24 bits per heavy atom. The summed E-state index contributed by atoms with van der Waals surface area (Å²) in [5, 5.41) is 14.5. The van der Waals surface area contributed by atoms with Gasteiger partial charge in [-0.2, -0.15) is 19.0 Å². The van der Waals surface area contributed by atoms with Gasteiger partial charge in [-0.15, -0.1) is 0 Å². The minimum Gasteiger partial charge on any atom is -0.508 e. The molecule has 1 aliphatic rings. The van der Waals surface area contributed by atoms with Gasteiger partial charge in [0.05, 0.1) is 28.0 Å². The molecule has 0 unspecified atom stereocenters. The van der Waals surface area contributed by atoms with Crippen LogP contribution in [0.4, 0.5) is 19.3 Å². The van der Waals surface area contributed by atoms with Gasteiger partial charge in [-0.1, -0.05) is 11.6 Å². The third-order valence-electron chi connectivity index (χ3n) is 4.66. The molecule has 12 heteroatoms. The largest absolute Gasteiger partial charge is 0.508 e. The molecule has 0 saturated carbocycles. The summed E-state index contributed by atoms with van der Waals surface area (Å²) in [4.78, 5) is 12.8. The van der Waals surface area contributed by atoms with E-state index in [2.05, 4.69) is 15.5 Å². The fourth-order valence-corrected chi connectivity index (χ4v) is 5.07. The van der Waals surface area contributed by atoms with Gasteiger partial charge in [0.25, 0.3) is 0 Å². The molecule has 29 heavy (non-hydrogen) atoms. The highest BCUT2D eigenvalue weighted by atomic mass is 35.5. The van der Waals surface area contributed by atoms with Crippen molar-refractivity contribution in [3.05, 3.63) is 41.7 Å². The molecule has 0 radical (unpaired) electrons. The van der Waals surface area contributed by atoms with Gasteiger partial charge in [0.1, 0.15) is 5.75 Å². The normalized spacial score (nSPS) is 15.9. The van der Waals surface area contributed by atoms with Crippen molar-refractivity contribution in [1.82, 2.24) is 15.1 Å². The second-order valence-corrected chi connectivity index (χ2v) is 8.90. The van der Waals surface area contributed by atoms with E-state index in [0.29, 0.717) is 5.69 Å². The highest BCUT2D eigenvalue weighted by molar-refractivity contribution is 7.92. The molecule has 2 amide bonds. The number of carbonyl (C=O) groups is 1. The number of urea groups is 1. The number of anilines is 1. The second kappa shape index (κ2) is 8.07. The molecule has 2 N–H and O–H groups in total. The number of sulfone groups is 1. The molecule has 1 saturated heterocycles. The molecule has 1 aliphatic heterocycles. The number of phenols is 1. The maximum absolute atomic E-state index is 14.9. The number of phenolic OH excluding ortho intramolecular Hbond substituents is 1. The quantitative estimate of drug-likeness (QED) is 0.746. The Balaban J connectivity index is 1.69. The van der Waals surface area contributed by atoms with Crippen LogP contribution in [0.25, 0.3) is 0 Å². The van der Waals surface area contributed by atoms with Gasteiger partial charge >= 0.3 is 11.3 Å². The number of rotatable bonds is 4. The lowest BCUT2D eigenvalue weighted by molar-refractivity contribution is 0.000425. The third kappa shape index (κ3) is 4.25. The van der Waals surface area contributed by atoms with E-state index in [1.807, 2.05) is 0 Å². The van der Waals surface area contributed by atoms with Crippen LogP contribution in [0, 0.1) is 5.92 Å². The van der Waals surface area contributed by atoms with E-state index in [1.165, 1.54) is 23.4 Å². The molecule has 1 aromatic heterocycles. The minimum atomic E-state index is -5.08. The summed E-state index contributed by atoms with van der Waals surface area (Å²) in [5.74, 6) is -1.81. The molecule has 1 aromatic carbocycles. The van der Waals surface area contributed by atoms with Crippen LogP contribution < -0.4 is 5.32 Å². The molecular formula is C17H17ClF2N4O4S. The predicted molar refractivity (Wildman–Crippen MR) is 101 cm³/mol. The molecule has 0 spiro atoms. The number of benzene rings is 1. The van der Waals surface area contributed by atoms with Crippen molar-refractivity contribution in [2.45, 2.75) is 23.0 Å². The number of nitrogens with one attached hydrogen (secondary N) is 1. The zero-order valence-electron chi connectivity index (χ0n) is 14.9. The van der Waals surface area contributed by atoms with Crippen LogP contribution in [0.15, 0.2) is 41.6 Å². The highest BCUT2D eigenvalue weighted by Crippen LogP contribution is 2.43. The van der Waals surface area contributed by atoms with E-state index >= 15 is 0 Å². The molecule has 3 rings (SSSR count).